The summed E-state index contributed by atoms with van der Waals surface area (Å²) in [7, 11) is 0. The predicted octanol–water partition coefficient (Wildman–Crippen LogP) is 2.56. The quantitative estimate of drug-likeness (QED) is 0.581. The van der Waals surface area contributed by atoms with Gasteiger partial charge in [-0.3, -0.25) is 0 Å². The van der Waals surface area contributed by atoms with Gasteiger partial charge in [0, 0.05) is 0 Å². The minimum atomic E-state index is 0. The predicted molar refractivity (Wildman–Crippen MR) is 34.0 cm³/mol. The molecule has 0 radical (unpaired) electrons. The Balaban J connectivity index is 0. The van der Waals surface area contributed by atoms with E-state index in [0.29, 0.717) is 0 Å². The van der Waals surface area contributed by atoms with Gasteiger partial charge in [0.15, 0.2) is 0 Å². The number of rotatable bonds is 2. The standard InChI is InChI=1S/C7H13.Y/c1-5-7(4)6(2)3;/h4-5H2,1-3H3;/q-1;+3. The summed E-state index contributed by atoms with van der Waals surface area (Å²) in [5.74, 6) is 1.35. The molecule has 0 aliphatic rings. The van der Waals surface area contributed by atoms with E-state index < -0.39 is 0 Å². The maximum Gasteiger partial charge on any atom is 3.00 e. The molecule has 1 heteroatoms. The fraction of sp³-hybridized carbons (Fsp3) is 0.571. The molecule has 0 bridgehead atoms. The molecular formula is C7H13Y+2. The zero-order valence-electron chi connectivity index (χ0n) is 5.99. The van der Waals surface area contributed by atoms with Crippen molar-refractivity contribution in [3.8, 4) is 0 Å². The molecule has 0 atom stereocenters. The summed E-state index contributed by atoms with van der Waals surface area (Å²) in [6.07, 6.45) is 1.09. The maximum atomic E-state index is 3.84. The van der Waals surface area contributed by atoms with E-state index in [1.54, 1.807) is 0 Å². The zero-order chi connectivity index (χ0) is 5.86. The van der Waals surface area contributed by atoms with Gasteiger partial charge in [-0.15, -0.1) is 13.8 Å². The molecule has 0 N–H and O–H groups in total. The molecule has 0 aliphatic carbocycles. The summed E-state index contributed by atoms with van der Waals surface area (Å²) in [6, 6.07) is 0. The van der Waals surface area contributed by atoms with Gasteiger partial charge in [-0.2, -0.15) is 0 Å². The van der Waals surface area contributed by atoms with Crippen LogP contribution in [-0.2, 0) is 32.7 Å². The van der Waals surface area contributed by atoms with E-state index in [-0.39, 0.29) is 32.7 Å². The van der Waals surface area contributed by atoms with Crippen LogP contribution in [0.25, 0.3) is 0 Å². The van der Waals surface area contributed by atoms with Crippen LogP contribution in [0.1, 0.15) is 27.2 Å². The van der Waals surface area contributed by atoms with Gasteiger partial charge >= 0.3 is 32.7 Å². The molecule has 0 aromatic rings. The number of hydrogen-bond donors (Lipinski definition) is 0. The van der Waals surface area contributed by atoms with Crippen molar-refractivity contribution in [2.75, 3.05) is 0 Å². The molecule has 0 aromatic carbocycles. The monoisotopic (exact) mass is 186 g/mol. The number of allylic oxidation sites excluding steroid dienone is 1. The SMILES string of the molecule is C=C(CC)[C-](C)C.[Y+3]. The van der Waals surface area contributed by atoms with Gasteiger partial charge in [-0.1, -0.05) is 13.3 Å². The Hall–Kier alpha value is 0.714. The summed E-state index contributed by atoms with van der Waals surface area (Å²) in [5.41, 5.74) is 1.26. The van der Waals surface area contributed by atoms with E-state index in [9.17, 15) is 0 Å². The van der Waals surface area contributed by atoms with E-state index in [1.807, 2.05) is 0 Å². The molecule has 0 spiro atoms. The molecule has 0 aromatic heterocycles. The van der Waals surface area contributed by atoms with Gasteiger partial charge in [0.25, 0.3) is 0 Å². The van der Waals surface area contributed by atoms with Crippen LogP contribution in [0.5, 0.6) is 0 Å². The minimum absolute atomic E-state index is 0. The van der Waals surface area contributed by atoms with Gasteiger partial charge in [0.2, 0.25) is 0 Å². The minimum Gasteiger partial charge on any atom is -0.242 e. The second kappa shape index (κ2) is 5.84. The van der Waals surface area contributed by atoms with Crippen molar-refractivity contribution >= 4 is 0 Å². The van der Waals surface area contributed by atoms with Crippen molar-refractivity contribution < 1.29 is 32.7 Å². The van der Waals surface area contributed by atoms with Crippen LogP contribution < -0.4 is 0 Å². The van der Waals surface area contributed by atoms with E-state index in [0.717, 1.165) is 6.42 Å². The van der Waals surface area contributed by atoms with Crippen LogP contribution in [0.2, 0.25) is 0 Å². The Morgan fingerprint density at radius 3 is 1.88 bits per heavy atom. The van der Waals surface area contributed by atoms with Crippen molar-refractivity contribution in [2.24, 2.45) is 0 Å². The molecule has 0 unspecified atom stereocenters. The largest absolute Gasteiger partial charge is 3.00 e. The first kappa shape index (κ1) is 11.5. The normalized spacial score (nSPS) is 7.38. The van der Waals surface area contributed by atoms with Gasteiger partial charge < -0.3 is 0 Å². The van der Waals surface area contributed by atoms with Crippen LogP contribution in [0.15, 0.2) is 12.2 Å². The molecular weight excluding hydrogens is 173 g/mol. The molecule has 42 valence electrons. The summed E-state index contributed by atoms with van der Waals surface area (Å²) in [4.78, 5) is 0. The molecule has 0 aliphatic heterocycles. The van der Waals surface area contributed by atoms with Crippen molar-refractivity contribution in [3.05, 3.63) is 18.1 Å². The van der Waals surface area contributed by atoms with E-state index >= 15 is 0 Å². The van der Waals surface area contributed by atoms with Crippen molar-refractivity contribution in [3.63, 3.8) is 0 Å². The summed E-state index contributed by atoms with van der Waals surface area (Å²) >= 11 is 0. The Kier molecular flexibility index (Phi) is 8.40. The van der Waals surface area contributed by atoms with E-state index in [4.69, 9.17) is 0 Å². The first-order chi connectivity index (χ1) is 3.18. The van der Waals surface area contributed by atoms with Crippen molar-refractivity contribution in [1.82, 2.24) is 0 Å². The first-order valence-electron chi connectivity index (χ1n) is 2.66. The van der Waals surface area contributed by atoms with Gasteiger partial charge in [0.1, 0.15) is 0 Å². The summed E-state index contributed by atoms with van der Waals surface area (Å²) < 4.78 is 0. The summed E-state index contributed by atoms with van der Waals surface area (Å²) in [6.45, 7) is 10.1. The maximum absolute atomic E-state index is 3.84. The molecule has 0 heterocycles. The third-order valence-electron chi connectivity index (χ3n) is 1.13. The number of hydrogen-bond acceptors (Lipinski definition) is 0. The van der Waals surface area contributed by atoms with E-state index in [1.165, 1.54) is 11.5 Å². The first-order valence-corrected chi connectivity index (χ1v) is 2.66. The Labute approximate surface area is 77.6 Å². The van der Waals surface area contributed by atoms with Gasteiger partial charge in [0.05, 0.1) is 0 Å². The molecule has 0 saturated heterocycles. The van der Waals surface area contributed by atoms with Crippen LogP contribution in [0.3, 0.4) is 0 Å². The van der Waals surface area contributed by atoms with E-state index in [2.05, 4.69) is 27.4 Å². The smallest absolute Gasteiger partial charge is 0.242 e. The Bertz CT molecular complexity index is 64.8. The third-order valence-corrected chi connectivity index (χ3v) is 1.13. The van der Waals surface area contributed by atoms with Crippen LogP contribution >= 0.6 is 0 Å². The topological polar surface area (TPSA) is 0 Å². The molecule has 0 fully saturated rings. The van der Waals surface area contributed by atoms with Gasteiger partial charge in [-0.05, 0) is 0 Å². The molecule has 0 saturated carbocycles. The molecule has 8 heavy (non-hydrogen) atoms. The Morgan fingerprint density at radius 1 is 1.50 bits per heavy atom. The van der Waals surface area contributed by atoms with Crippen molar-refractivity contribution in [2.45, 2.75) is 27.2 Å². The molecule has 0 amide bonds. The fourth-order valence-corrected chi connectivity index (χ4v) is 0.354. The van der Waals surface area contributed by atoms with Crippen LogP contribution in [0, 0.1) is 5.92 Å². The Morgan fingerprint density at radius 2 is 1.88 bits per heavy atom. The third kappa shape index (κ3) is 4.86. The molecule has 0 rings (SSSR count). The summed E-state index contributed by atoms with van der Waals surface area (Å²) in [5, 5.41) is 0. The van der Waals surface area contributed by atoms with Crippen molar-refractivity contribution in [1.29, 1.82) is 0 Å². The van der Waals surface area contributed by atoms with Gasteiger partial charge in [-0.25, -0.2) is 18.1 Å². The fourth-order valence-electron chi connectivity index (χ4n) is 0.354. The average Bonchev–Trinajstić information content (AvgIpc) is 1.65. The average molecular weight is 186 g/mol. The second-order valence-electron chi connectivity index (χ2n) is 1.96. The molecule has 0 nitrogen and oxygen atoms in total. The van der Waals surface area contributed by atoms with Crippen LogP contribution in [0.4, 0.5) is 0 Å². The zero-order valence-corrected chi connectivity index (χ0v) is 8.83. The second-order valence-corrected chi connectivity index (χ2v) is 1.96. The van der Waals surface area contributed by atoms with Crippen LogP contribution in [-0.4, -0.2) is 0 Å².